The molecule has 154 valence electrons. The molecule has 1 aromatic heterocycles. The molecular weight excluding hydrogens is 460 g/mol. The van der Waals surface area contributed by atoms with Gasteiger partial charge in [0.1, 0.15) is 5.76 Å². The van der Waals surface area contributed by atoms with Crippen molar-refractivity contribution in [3.8, 4) is 11.3 Å². The minimum absolute atomic E-state index is 0. The second kappa shape index (κ2) is 11.5. The van der Waals surface area contributed by atoms with E-state index in [1.54, 1.807) is 6.26 Å². The van der Waals surface area contributed by atoms with Gasteiger partial charge in [0.15, 0.2) is 0 Å². The number of allylic oxidation sites excluding steroid dienone is 2. The van der Waals surface area contributed by atoms with Crippen molar-refractivity contribution in [1.29, 1.82) is 0 Å². The number of benzene rings is 1. The normalized spacial score (nSPS) is 11.3. The predicted octanol–water partition coefficient (Wildman–Crippen LogP) is 5.41. The van der Waals surface area contributed by atoms with Gasteiger partial charge in [-0.15, -0.1) is 17.4 Å². The topological polar surface area (TPSA) is 13.1 Å². The molecule has 0 atom stereocenters. The molecule has 2 radical (unpaired) electrons. The number of aryl methyl sites for hydroxylation is 2. The van der Waals surface area contributed by atoms with Gasteiger partial charge >= 0.3 is 30.2 Å². The molecular formula is C27H28OSiZr-4. The van der Waals surface area contributed by atoms with Crippen LogP contribution in [0.5, 0.6) is 0 Å². The van der Waals surface area contributed by atoms with Gasteiger partial charge in [0.05, 0.1) is 6.26 Å². The van der Waals surface area contributed by atoms with E-state index < -0.39 is 0 Å². The first-order chi connectivity index (χ1) is 13.6. The summed E-state index contributed by atoms with van der Waals surface area (Å²) in [6.45, 7) is 11.7. The van der Waals surface area contributed by atoms with E-state index in [9.17, 15) is 0 Å². The zero-order valence-corrected chi connectivity index (χ0v) is 22.1. The van der Waals surface area contributed by atoms with Crippen LogP contribution >= 0.6 is 0 Å². The second-order valence-electron chi connectivity index (χ2n) is 6.96. The Hall–Kier alpha value is -1.83. The third-order valence-corrected chi connectivity index (χ3v) is 5.41. The summed E-state index contributed by atoms with van der Waals surface area (Å²) >= 11 is 1.36. The summed E-state index contributed by atoms with van der Waals surface area (Å²) in [6, 6.07) is 8.35. The first kappa shape index (κ1) is 26.2. The van der Waals surface area contributed by atoms with Gasteiger partial charge in [0.2, 0.25) is 0 Å². The third kappa shape index (κ3) is 5.07. The Balaban J connectivity index is 0.000000300. The number of furan rings is 1. The van der Waals surface area contributed by atoms with Gasteiger partial charge in [-0.2, -0.15) is 46.0 Å². The number of hydrogen-bond acceptors (Lipinski definition) is 1. The maximum atomic E-state index is 5.56. The van der Waals surface area contributed by atoms with Crippen LogP contribution in [-0.4, -0.2) is 6.88 Å². The van der Waals surface area contributed by atoms with Crippen LogP contribution in [-0.2, 0) is 23.3 Å². The summed E-state index contributed by atoms with van der Waals surface area (Å²) in [5.41, 5.74) is 9.31. The van der Waals surface area contributed by atoms with Gasteiger partial charge in [0, 0.05) is 0 Å². The van der Waals surface area contributed by atoms with E-state index >= 15 is 0 Å². The summed E-state index contributed by atoms with van der Waals surface area (Å²) < 4.78 is 5.56. The third-order valence-electron chi connectivity index (χ3n) is 5.41. The van der Waals surface area contributed by atoms with Crippen LogP contribution in [0.25, 0.3) is 29.6 Å². The van der Waals surface area contributed by atoms with Gasteiger partial charge in [0.25, 0.3) is 0 Å². The van der Waals surface area contributed by atoms with E-state index in [1.807, 2.05) is 18.2 Å². The monoisotopic (exact) mass is 486 g/mol. The van der Waals surface area contributed by atoms with Crippen LogP contribution in [0, 0.1) is 48.6 Å². The molecule has 1 nitrogen and oxygen atoms in total. The molecule has 2 aromatic carbocycles. The van der Waals surface area contributed by atoms with Crippen molar-refractivity contribution in [2.75, 3.05) is 0 Å². The zero-order chi connectivity index (χ0) is 20.3. The summed E-state index contributed by atoms with van der Waals surface area (Å²) in [5, 5.41) is 2.45. The van der Waals surface area contributed by atoms with Crippen molar-refractivity contribution in [3.63, 3.8) is 0 Å². The SMILES string of the molecule is Cc1c[c-](C)c(C)c1C.[C-]1=CC=c2c1cc1c(c2-c2ccco2)C=CC=1.[CH3-].[CH3-].[Si]=[Zr]. The predicted molar refractivity (Wildman–Crippen MR) is 128 cm³/mol. The van der Waals surface area contributed by atoms with Crippen LogP contribution in [0.4, 0.5) is 0 Å². The molecule has 0 fully saturated rings. The molecule has 2 aliphatic rings. The zero-order valence-electron chi connectivity index (χ0n) is 18.7. The van der Waals surface area contributed by atoms with E-state index in [1.165, 1.54) is 67.2 Å². The molecule has 0 N–H and O–H groups in total. The average Bonchev–Trinajstić information content (AvgIpc) is 3.49. The molecule has 3 aromatic rings. The molecule has 0 amide bonds. The first-order valence-corrected chi connectivity index (χ1v) is 13.4. The fourth-order valence-corrected chi connectivity index (χ4v) is 3.63. The quantitative estimate of drug-likeness (QED) is 0.330. The van der Waals surface area contributed by atoms with E-state index in [2.05, 4.69) is 77.1 Å². The average molecular weight is 488 g/mol. The Bertz CT molecular complexity index is 1150. The number of rotatable bonds is 1. The van der Waals surface area contributed by atoms with Crippen LogP contribution in [0.15, 0.2) is 47.1 Å². The van der Waals surface area contributed by atoms with Crippen molar-refractivity contribution in [1.82, 2.24) is 0 Å². The molecule has 0 saturated heterocycles. The van der Waals surface area contributed by atoms with E-state index in [4.69, 9.17) is 4.42 Å². The Morgan fingerprint density at radius 3 is 2.37 bits per heavy atom. The van der Waals surface area contributed by atoms with Gasteiger partial charge in [-0.1, -0.05) is 51.1 Å². The Kier molecular flexibility index (Phi) is 10.1. The van der Waals surface area contributed by atoms with Crippen LogP contribution in [0.1, 0.15) is 33.4 Å². The van der Waals surface area contributed by atoms with Crippen molar-refractivity contribution >= 4 is 25.1 Å². The molecule has 0 unspecified atom stereocenters. The Morgan fingerprint density at radius 2 is 1.83 bits per heavy atom. The van der Waals surface area contributed by atoms with Gasteiger partial charge in [-0.05, 0) is 23.3 Å². The summed E-state index contributed by atoms with van der Waals surface area (Å²) in [7, 11) is 0. The number of fused-ring (bicyclic) bond motifs is 2. The molecule has 0 bridgehead atoms. The molecule has 2 aliphatic carbocycles. The summed E-state index contributed by atoms with van der Waals surface area (Å²) in [6.07, 6.45) is 15.4. The Labute approximate surface area is 198 Å². The number of hydrogen-bond donors (Lipinski definition) is 0. The van der Waals surface area contributed by atoms with Crippen molar-refractivity contribution in [2.24, 2.45) is 0 Å². The van der Waals surface area contributed by atoms with E-state index in [0.717, 1.165) is 11.3 Å². The van der Waals surface area contributed by atoms with Crippen molar-refractivity contribution in [3.05, 3.63) is 107 Å². The molecule has 0 aliphatic heterocycles. The fraction of sp³-hybridized carbons (Fsp3) is 0.148. The van der Waals surface area contributed by atoms with E-state index in [0.29, 0.717) is 0 Å². The molecule has 5 rings (SSSR count). The summed E-state index contributed by atoms with van der Waals surface area (Å²) in [5.74, 6) is 0.923. The first-order valence-electron chi connectivity index (χ1n) is 9.20. The minimum atomic E-state index is 0. The molecule has 0 saturated carbocycles. The molecule has 0 spiro atoms. The molecule has 3 heteroatoms. The second-order valence-corrected chi connectivity index (χ2v) is 6.96. The van der Waals surface area contributed by atoms with Crippen molar-refractivity contribution < 1.29 is 27.8 Å². The van der Waals surface area contributed by atoms with E-state index in [-0.39, 0.29) is 14.9 Å². The Morgan fingerprint density at radius 1 is 1.10 bits per heavy atom. The van der Waals surface area contributed by atoms with Crippen LogP contribution in [0.2, 0.25) is 0 Å². The van der Waals surface area contributed by atoms with Gasteiger partial charge in [-0.3, -0.25) is 0 Å². The maximum absolute atomic E-state index is 5.56. The van der Waals surface area contributed by atoms with Crippen LogP contribution < -0.4 is 10.4 Å². The standard InChI is InChI=1S/C16H9O.C9H13.2CH3.Si.Zr/c1-4-11-10-12-5-2-7-14(12)16(13(11)6-1)15-8-3-9-17-15;1-6-5-7(2)9(4)8(6)3;;;;/h1-4,6-10H;5H,1-4H3;2*1H3;;/q4*-1;;. The molecule has 30 heavy (non-hydrogen) atoms. The summed E-state index contributed by atoms with van der Waals surface area (Å²) in [4.78, 5) is 0. The fourth-order valence-electron chi connectivity index (χ4n) is 3.63. The van der Waals surface area contributed by atoms with Gasteiger partial charge in [-0.25, -0.2) is 0 Å². The van der Waals surface area contributed by atoms with Gasteiger partial charge < -0.3 is 19.3 Å². The van der Waals surface area contributed by atoms with Crippen molar-refractivity contribution in [2.45, 2.75) is 27.7 Å². The molecule has 1 heterocycles. The van der Waals surface area contributed by atoms with Crippen LogP contribution in [0.3, 0.4) is 0 Å².